The Labute approximate surface area is 91.9 Å². The zero-order valence-electron chi connectivity index (χ0n) is 8.13. The Balaban J connectivity index is 2.72. The highest BCUT2D eigenvalue weighted by Gasteiger charge is 2.37. The van der Waals surface area contributed by atoms with E-state index in [0.29, 0.717) is 5.52 Å². The number of alkyl halides is 3. The molecular weight excluding hydrogens is 241 g/mol. The first-order valence-electron chi connectivity index (χ1n) is 4.27. The molecule has 0 fully saturated rings. The van der Waals surface area contributed by atoms with Crippen LogP contribution in [0, 0.1) is 0 Å². The van der Waals surface area contributed by atoms with Crippen LogP contribution in [0.15, 0.2) is 23.4 Å². The number of nitrogens with one attached hydrogen (secondary N) is 1. The van der Waals surface area contributed by atoms with Gasteiger partial charge in [-0.25, -0.2) is 4.98 Å². The Hall–Kier alpha value is -1.21. The third kappa shape index (κ3) is 1.88. The first-order valence-corrected chi connectivity index (χ1v) is 5.83. The van der Waals surface area contributed by atoms with E-state index in [1.54, 1.807) is 0 Å². The summed E-state index contributed by atoms with van der Waals surface area (Å²) in [5.74, 6) is 0. The standard InChI is InChI=1S/C9H7F3N2OS/c1-16(15)8-3-7-6(13-4-14-7)2-5(8)9(10,11)12/h2-4H,1H3,(H,13,14). The van der Waals surface area contributed by atoms with Crippen molar-refractivity contribution in [3.8, 4) is 0 Å². The van der Waals surface area contributed by atoms with Crippen LogP contribution in [0.5, 0.6) is 0 Å². The summed E-state index contributed by atoms with van der Waals surface area (Å²) in [7, 11) is 0. The van der Waals surface area contributed by atoms with Gasteiger partial charge in [0.25, 0.3) is 0 Å². The third-order valence-corrected chi connectivity index (χ3v) is 3.09. The van der Waals surface area contributed by atoms with Crippen molar-refractivity contribution in [3.63, 3.8) is 0 Å². The zero-order chi connectivity index (χ0) is 11.9. The van der Waals surface area contributed by atoms with Crippen molar-refractivity contribution >= 4 is 22.2 Å². The second kappa shape index (κ2) is 3.67. The van der Waals surface area contributed by atoms with Gasteiger partial charge < -0.3 is 9.54 Å². The average molecular weight is 248 g/mol. The predicted molar refractivity (Wildman–Crippen MR) is 53.4 cm³/mol. The number of hydrogen-bond acceptors (Lipinski definition) is 2. The Morgan fingerprint density at radius 3 is 2.62 bits per heavy atom. The number of imidazole rings is 1. The molecule has 0 aliphatic carbocycles. The number of nitrogens with zero attached hydrogens (tertiary/aromatic N) is 1. The average Bonchev–Trinajstić information content (AvgIpc) is 2.60. The lowest BCUT2D eigenvalue weighted by Crippen LogP contribution is -2.12. The van der Waals surface area contributed by atoms with E-state index in [-0.39, 0.29) is 10.4 Å². The lowest BCUT2D eigenvalue weighted by atomic mass is 10.2. The molecule has 0 spiro atoms. The molecule has 1 aromatic carbocycles. The van der Waals surface area contributed by atoms with E-state index in [9.17, 15) is 17.7 Å². The third-order valence-electron chi connectivity index (χ3n) is 2.14. The van der Waals surface area contributed by atoms with Gasteiger partial charge in [0.2, 0.25) is 0 Å². The SMILES string of the molecule is C[S+]([O-])c1cc2[nH]cnc2cc1C(F)(F)F. The van der Waals surface area contributed by atoms with Gasteiger partial charge in [0.1, 0.15) is 11.8 Å². The highest BCUT2D eigenvalue weighted by Crippen LogP contribution is 2.35. The zero-order valence-corrected chi connectivity index (χ0v) is 8.95. The molecule has 1 N–H and O–H groups in total. The van der Waals surface area contributed by atoms with Crippen LogP contribution < -0.4 is 0 Å². The summed E-state index contributed by atoms with van der Waals surface area (Å²) in [4.78, 5) is 6.19. The molecule has 2 aromatic rings. The number of aromatic nitrogens is 2. The lowest BCUT2D eigenvalue weighted by molar-refractivity contribution is -0.139. The van der Waals surface area contributed by atoms with Crippen molar-refractivity contribution in [2.24, 2.45) is 0 Å². The molecule has 1 aromatic heterocycles. The van der Waals surface area contributed by atoms with Crippen molar-refractivity contribution in [1.29, 1.82) is 0 Å². The Morgan fingerprint density at radius 2 is 2.06 bits per heavy atom. The van der Waals surface area contributed by atoms with Gasteiger partial charge in [0.15, 0.2) is 4.90 Å². The van der Waals surface area contributed by atoms with Gasteiger partial charge in [-0.15, -0.1) is 0 Å². The Bertz CT molecular complexity index is 521. The molecule has 86 valence electrons. The maximum absolute atomic E-state index is 12.7. The number of halogens is 3. The topological polar surface area (TPSA) is 51.7 Å². The van der Waals surface area contributed by atoms with Crippen LogP contribution in [0.2, 0.25) is 0 Å². The number of aromatic amines is 1. The van der Waals surface area contributed by atoms with E-state index in [1.807, 2.05) is 0 Å². The van der Waals surface area contributed by atoms with Crippen LogP contribution in [0.25, 0.3) is 11.0 Å². The molecule has 0 bridgehead atoms. The summed E-state index contributed by atoms with van der Waals surface area (Å²) < 4.78 is 49.3. The highest BCUT2D eigenvalue weighted by atomic mass is 32.2. The first-order chi connectivity index (χ1) is 7.39. The molecule has 1 unspecified atom stereocenters. The maximum atomic E-state index is 12.7. The van der Waals surface area contributed by atoms with Crippen molar-refractivity contribution in [1.82, 2.24) is 9.97 Å². The normalized spacial score (nSPS) is 14.3. The molecule has 3 nitrogen and oxygen atoms in total. The number of fused-ring (bicyclic) bond motifs is 1. The van der Waals surface area contributed by atoms with Gasteiger partial charge in [-0.3, -0.25) is 0 Å². The van der Waals surface area contributed by atoms with Gasteiger partial charge in [-0.2, -0.15) is 13.2 Å². The van der Waals surface area contributed by atoms with E-state index in [0.717, 1.165) is 6.07 Å². The van der Waals surface area contributed by atoms with Crippen LogP contribution >= 0.6 is 0 Å². The summed E-state index contributed by atoms with van der Waals surface area (Å²) >= 11 is -1.69. The van der Waals surface area contributed by atoms with Crippen molar-refractivity contribution in [2.75, 3.05) is 6.26 Å². The molecule has 0 aliphatic rings. The number of benzene rings is 1. The minimum absolute atomic E-state index is 0.210. The molecule has 1 heterocycles. The fraction of sp³-hybridized carbons (Fsp3) is 0.222. The quantitative estimate of drug-likeness (QED) is 0.787. The monoisotopic (exact) mass is 248 g/mol. The second-order valence-corrected chi connectivity index (χ2v) is 4.57. The molecule has 7 heteroatoms. The molecule has 1 atom stereocenters. The first kappa shape index (κ1) is 11.3. The Kier molecular flexibility index (Phi) is 2.59. The lowest BCUT2D eigenvalue weighted by Gasteiger charge is -2.12. The summed E-state index contributed by atoms with van der Waals surface area (Å²) in [6, 6.07) is 2.13. The van der Waals surface area contributed by atoms with Gasteiger partial charge in [-0.1, -0.05) is 0 Å². The smallest absolute Gasteiger partial charge is 0.421 e. The van der Waals surface area contributed by atoms with Gasteiger partial charge in [0.05, 0.1) is 17.4 Å². The van der Waals surface area contributed by atoms with Crippen LogP contribution in [-0.2, 0) is 17.4 Å². The van der Waals surface area contributed by atoms with E-state index in [2.05, 4.69) is 9.97 Å². The van der Waals surface area contributed by atoms with Crippen LogP contribution in [0.4, 0.5) is 13.2 Å². The van der Waals surface area contributed by atoms with E-state index in [1.165, 1.54) is 18.6 Å². The van der Waals surface area contributed by atoms with Gasteiger partial charge in [-0.05, 0) is 17.2 Å². The van der Waals surface area contributed by atoms with E-state index >= 15 is 0 Å². The predicted octanol–water partition coefficient (Wildman–Crippen LogP) is 2.32. The highest BCUT2D eigenvalue weighted by molar-refractivity contribution is 7.90. The van der Waals surface area contributed by atoms with E-state index < -0.39 is 22.9 Å². The fourth-order valence-electron chi connectivity index (χ4n) is 1.42. The molecule has 0 radical (unpaired) electrons. The largest absolute Gasteiger partial charge is 0.612 e. The van der Waals surface area contributed by atoms with Crippen LogP contribution in [-0.4, -0.2) is 20.8 Å². The minimum Gasteiger partial charge on any atom is -0.612 e. The minimum atomic E-state index is -4.52. The molecule has 0 saturated carbocycles. The van der Waals surface area contributed by atoms with Gasteiger partial charge in [0, 0.05) is 6.07 Å². The van der Waals surface area contributed by atoms with Crippen molar-refractivity contribution in [2.45, 2.75) is 11.1 Å². The fourth-order valence-corrected chi connectivity index (χ4v) is 2.19. The van der Waals surface area contributed by atoms with E-state index in [4.69, 9.17) is 0 Å². The number of H-pyrrole nitrogens is 1. The molecule has 0 amide bonds. The number of rotatable bonds is 1. The summed E-state index contributed by atoms with van der Waals surface area (Å²) in [5, 5.41) is 0. The molecule has 0 saturated heterocycles. The number of hydrogen-bond donors (Lipinski definition) is 1. The Morgan fingerprint density at radius 1 is 1.38 bits per heavy atom. The summed E-state index contributed by atoms with van der Waals surface area (Å²) in [6.45, 7) is 0. The van der Waals surface area contributed by atoms with Crippen molar-refractivity contribution in [3.05, 3.63) is 24.0 Å². The van der Waals surface area contributed by atoms with Crippen LogP contribution in [0.3, 0.4) is 0 Å². The summed E-state index contributed by atoms with van der Waals surface area (Å²) in [6.07, 6.45) is -2.01. The molecule has 16 heavy (non-hydrogen) atoms. The second-order valence-electron chi connectivity index (χ2n) is 3.22. The van der Waals surface area contributed by atoms with Crippen molar-refractivity contribution < 1.29 is 17.7 Å². The molecule has 0 aliphatic heterocycles. The maximum Gasteiger partial charge on any atom is 0.421 e. The van der Waals surface area contributed by atoms with Gasteiger partial charge >= 0.3 is 6.18 Å². The summed E-state index contributed by atoms with van der Waals surface area (Å²) in [5.41, 5.74) is -0.243. The molecular formula is C9H7F3N2OS. The molecule has 2 rings (SSSR count). The van der Waals surface area contributed by atoms with Crippen LogP contribution in [0.1, 0.15) is 5.56 Å².